The van der Waals surface area contributed by atoms with Crippen molar-refractivity contribution in [2.75, 3.05) is 44.8 Å². The zero-order valence-electron chi connectivity index (χ0n) is 10.6. The number of ether oxygens (including phenoxy) is 1. The molecule has 0 amide bonds. The van der Waals surface area contributed by atoms with Crippen molar-refractivity contribution in [3.8, 4) is 0 Å². The van der Waals surface area contributed by atoms with Crippen molar-refractivity contribution < 1.29 is 4.74 Å². The van der Waals surface area contributed by atoms with Crippen LogP contribution in [0.3, 0.4) is 0 Å². The number of aromatic nitrogens is 2. The van der Waals surface area contributed by atoms with E-state index in [1.165, 1.54) is 6.42 Å². The first-order chi connectivity index (χ1) is 8.42. The van der Waals surface area contributed by atoms with Gasteiger partial charge in [-0.3, -0.25) is 0 Å². The average molecular weight is 238 g/mol. The number of methoxy groups -OCH3 is 1. The number of anilines is 1. The fraction of sp³-hybridized carbons (Fsp3) is 0.750. The summed E-state index contributed by atoms with van der Waals surface area (Å²) in [7, 11) is 1.75. The molecule has 1 aromatic heterocycles. The topological polar surface area (TPSA) is 42.3 Å². The van der Waals surface area contributed by atoms with E-state index in [4.69, 9.17) is 4.74 Å². The van der Waals surface area contributed by atoms with E-state index >= 15 is 0 Å². The molecule has 0 saturated carbocycles. The molecule has 0 aliphatic carbocycles. The van der Waals surface area contributed by atoms with Crippen LogP contribution in [0.25, 0.3) is 0 Å². The third-order valence-corrected chi connectivity index (χ3v) is 3.06. The molecule has 1 aliphatic rings. The first-order valence-corrected chi connectivity index (χ1v) is 6.37. The normalized spacial score (nSPS) is 17.1. The van der Waals surface area contributed by atoms with Crippen molar-refractivity contribution in [3.05, 3.63) is 12.4 Å². The van der Waals surface area contributed by atoms with Crippen LogP contribution in [-0.2, 0) is 11.3 Å². The second kappa shape index (κ2) is 6.61. The second-order valence-corrected chi connectivity index (χ2v) is 4.36. The molecule has 0 bridgehead atoms. The standard InChI is InChI=1S/C12H22N4O/c1-17-11-3-8-16-10-6-14-12(16)15-7-2-4-13-5-9-15/h6,10,13H,2-5,7-9,11H2,1H3. The summed E-state index contributed by atoms with van der Waals surface area (Å²) in [5.41, 5.74) is 0. The lowest BCUT2D eigenvalue weighted by molar-refractivity contribution is 0.190. The van der Waals surface area contributed by atoms with Crippen molar-refractivity contribution in [1.29, 1.82) is 0 Å². The Kier molecular flexibility index (Phi) is 4.82. The Bertz CT molecular complexity index is 318. The summed E-state index contributed by atoms with van der Waals surface area (Å²) in [6, 6.07) is 0. The number of aryl methyl sites for hydroxylation is 1. The van der Waals surface area contributed by atoms with Crippen LogP contribution in [0.4, 0.5) is 5.95 Å². The fourth-order valence-corrected chi connectivity index (χ4v) is 2.18. The highest BCUT2D eigenvalue weighted by Crippen LogP contribution is 2.13. The molecule has 5 nitrogen and oxygen atoms in total. The maximum absolute atomic E-state index is 5.09. The molecule has 0 unspecified atom stereocenters. The Labute approximate surface area is 103 Å². The molecule has 0 atom stereocenters. The number of nitrogens with zero attached hydrogens (tertiary/aromatic N) is 3. The van der Waals surface area contributed by atoms with Gasteiger partial charge in [-0.15, -0.1) is 0 Å². The molecule has 5 heteroatoms. The number of rotatable bonds is 5. The quantitative estimate of drug-likeness (QED) is 0.768. The van der Waals surface area contributed by atoms with Gasteiger partial charge in [0.15, 0.2) is 0 Å². The molecule has 96 valence electrons. The Hall–Kier alpha value is -1.07. The van der Waals surface area contributed by atoms with Gasteiger partial charge in [0.2, 0.25) is 5.95 Å². The van der Waals surface area contributed by atoms with Gasteiger partial charge >= 0.3 is 0 Å². The van der Waals surface area contributed by atoms with Gasteiger partial charge in [-0.05, 0) is 19.4 Å². The summed E-state index contributed by atoms with van der Waals surface area (Å²) in [6.45, 7) is 6.08. The smallest absolute Gasteiger partial charge is 0.205 e. The fourth-order valence-electron chi connectivity index (χ4n) is 2.18. The van der Waals surface area contributed by atoms with Crippen molar-refractivity contribution in [1.82, 2.24) is 14.9 Å². The van der Waals surface area contributed by atoms with E-state index in [0.29, 0.717) is 0 Å². The second-order valence-electron chi connectivity index (χ2n) is 4.36. The molecule has 0 spiro atoms. The lowest BCUT2D eigenvalue weighted by Crippen LogP contribution is -2.30. The van der Waals surface area contributed by atoms with E-state index in [2.05, 4.69) is 26.0 Å². The van der Waals surface area contributed by atoms with E-state index in [1.807, 2.05) is 6.20 Å². The minimum Gasteiger partial charge on any atom is -0.385 e. The highest BCUT2D eigenvalue weighted by molar-refractivity contribution is 5.31. The molecule has 1 N–H and O–H groups in total. The minimum atomic E-state index is 0.805. The third-order valence-electron chi connectivity index (χ3n) is 3.06. The molecular weight excluding hydrogens is 216 g/mol. The lowest BCUT2D eigenvalue weighted by Gasteiger charge is -2.22. The van der Waals surface area contributed by atoms with Gasteiger partial charge in [-0.25, -0.2) is 4.98 Å². The number of imidazole rings is 1. The van der Waals surface area contributed by atoms with Crippen LogP contribution in [0.15, 0.2) is 12.4 Å². The largest absolute Gasteiger partial charge is 0.385 e. The highest BCUT2D eigenvalue weighted by Gasteiger charge is 2.13. The highest BCUT2D eigenvalue weighted by atomic mass is 16.5. The molecule has 1 saturated heterocycles. The van der Waals surface area contributed by atoms with Crippen molar-refractivity contribution >= 4 is 5.95 Å². The van der Waals surface area contributed by atoms with Crippen molar-refractivity contribution in [2.24, 2.45) is 0 Å². The van der Waals surface area contributed by atoms with E-state index < -0.39 is 0 Å². The number of nitrogens with one attached hydrogen (secondary N) is 1. The molecule has 17 heavy (non-hydrogen) atoms. The van der Waals surface area contributed by atoms with Crippen molar-refractivity contribution in [3.63, 3.8) is 0 Å². The summed E-state index contributed by atoms with van der Waals surface area (Å²) in [4.78, 5) is 6.85. The monoisotopic (exact) mass is 238 g/mol. The molecule has 0 aromatic carbocycles. The molecule has 1 aromatic rings. The predicted octanol–water partition coefficient (Wildman–Crippen LogP) is 0.719. The maximum Gasteiger partial charge on any atom is 0.205 e. The maximum atomic E-state index is 5.09. The lowest BCUT2D eigenvalue weighted by atomic mass is 10.4. The molecular formula is C12H22N4O. The summed E-state index contributed by atoms with van der Waals surface area (Å²) in [6.07, 6.45) is 6.17. The first kappa shape index (κ1) is 12.4. The van der Waals surface area contributed by atoms with Crippen LogP contribution >= 0.6 is 0 Å². The van der Waals surface area contributed by atoms with E-state index in [9.17, 15) is 0 Å². The molecule has 1 aliphatic heterocycles. The van der Waals surface area contributed by atoms with Gasteiger partial charge < -0.3 is 19.5 Å². The van der Waals surface area contributed by atoms with Gasteiger partial charge in [-0.2, -0.15) is 0 Å². The van der Waals surface area contributed by atoms with Gasteiger partial charge in [0.1, 0.15) is 0 Å². The Morgan fingerprint density at radius 3 is 3.24 bits per heavy atom. The van der Waals surface area contributed by atoms with E-state index in [0.717, 1.165) is 51.7 Å². The zero-order valence-corrected chi connectivity index (χ0v) is 10.6. The van der Waals surface area contributed by atoms with E-state index in [-0.39, 0.29) is 0 Å². The van der Waals surface area contributed by atoms with Crippen LogP contribution < -0.4 is 10.2 Å². The van der Waals surface area contributed by atoms with Crippen LogP contribution in [-0.4, -0.2) is 49.4 Å². The first-order valence-electron chi connectivity index (χ1n) is 6.37. The Balaban J connectivity index is 1.96. The predicted molar refractivity (Wildman–Crippen MR) is 68.4 cm³/mol. The summed E-state index contributed by atoms with van der Waals surface area (Å²) < 4.78 is 7.31. The number of hydrogen-bond acceptors (Lipinski definition) is 4. The van der Waals surface area contributed by atoms with Crippen LogP contribution in [0.5, 0.6) is 0 Å². The summed E-state index contributed by atoms with van der Waals surface area (Å²) >= 11 is 0. The van der Waals surface area contributed by atoms with Gasteiger partial charge in [0.05, 0.1) is 0 Å². The van der Waals surface area contributed by atoms with Crippen LogP contribution in [0, 0.1) is 0 Å². The summed E-state index contributed by atoms with van der Waals surface area (Å²) in [5.74, 6) is 1.10. The molecule has 0 radical (unpaired) electrons. The Morgan fingerprint density at radius 1 is 1.41 bits per heavy atom. The number of hydrogen-bond donors (Lipinski definition) is 1. The Morgan fingerprint density at radius 2 is 2.35 bits per heavy atom. The van der Waals surface area contributed by atoms with Gasteiger partial charge in [-0.1, -0.05) is 0 Å². The molecule has 2 rings (SSSR count). The minimum absolute atomic E-state index is 0.805. The van der Waals surface area contributed by atoms with Crippen molar-refractivity contribution in [2.45, 2.75) is 19.4 Å². The van der Waals surface area contributed by atoms with Gasteiger partial charge in [0.25, 0.3) is 0 Å². The van der Waals surface area contributed by atoms with Crippen LogP contribution in [0.2, 0.25) is 0 Å². The van der Waals surface area contributed by atoms with Crippen LogP contribution in [0.1, 0.15) is 12.8 Å². The zero-order chi connectivity index (χ0) is 11.9. The third kappa shape index (κ3) is 3.44. The van der Waals surface area contributed by atoms with E-state index in [1.54, 1.807) is 7.11 Å². The average Bonchev–Trinajstić information content (AvgIpc) is 2.63. The summed E-state index contributed by atoms with van der Waals surface area (Å²) in [5, 5.41) is 3.41. The SMILES string of the molecule is COCCCn1ccnc1N1CCCNCC1. The molecule has 2 heterocycles. The van der Waals surface area contributed by atoms with Gasteiger partial charge in [0, 0.05) is 52.3 Å². The molecule has 1 fully saturated rings.